The smallest absolute Gasteiger partial charge is 0.409 e. The van der Waals surface area contributed by atoms with Gasteiger partial charge in [0.25, 0.3) is 0 Å². The van der Waals surface area contributed by atoms with E-state index in [1.165, 1.54) is 54.7 Å². The number of rotatable bonds is 13. The molecule has 3 saturated heterocycles. The summed E-state index contributed by atoms with van der Waals surface area (Å²) in [5.74, 6) is -2.15. The molecule has 1 aromatic rings. The fourth-order valence-electron chi connectivity index (χ4n) is 9.93. The minimum atomic E-state index is -1.87. The monoisotopic (exact) mass is 1020 g/mol. The van der Waals surface area contributed by atoms with Crippen LogP contribution in [0.5, 0.6) is 5.75 Å². The first-order chi connectivity index (χ1) is 33.0. The van der Waals surface area contributed by atoms with Crippen LogP contribution in [0.2, 0.25) is 5.02 Å². The van der Waals surface area contributed by atoms with Crippen molar-refractivity contribution in [2.24, 2.45) is 17.8 Å². The molecule has 1 unspecified atom stereocenters. The zero-order chi connectivity index (χ0) is 51.4. The van der Waals surface area contributed by atoms with Crippen molar-refractivity contribution in [2.75, 3.05) is 45.5 Å². The highest BCUT2D eigenvalue weighted by molar-refractivity contribution is 8.00. The predicted molar refractivity (Wildman–Crippen MR) is 262 cm³/mol. The molecule has 0 aromatic heterocycles. The molecule has 1 aliphatic carbocycles. The molecule has 5 aliphatic rings. The summed E-state index contributed by atoms with van der Waals surface area (Å²) in [6, 6.07) is 2.49. The average molecular weight is 1020 g/mol. The van der Waals surface area contributed by atoms with Crippen molar-refractivity contribution in [1.29, 1.82) is 0 Å². The van der Waals surface area contributed by atoms with Gasteiger partial charge in [0.1, 0.15) is 40.7 Å². The van der Waals surface area contributed by atoms with Gasteiger partial charge in [-0.25, -0.2) is 9.59 Å². The number of hydrogen-bond donors (Lipinski definition) is 3. The van der Waals surface area contributed by atoms with Crippen LogP contribution in [-0.4, -0.2) is 150 Å². The number of fused-ring (bicyclic) bond motifs is 5. The number of carbonyl (C=O) groups is 7. The maximum Gasteiger partial charge on any atom is 0.409 e. The highest BCUT2D eigenvalue weighted by Crippen LogP contribution is 2.49. The number of alkyl carbamates (subject to hydrolysis) is 1. The number of benzene rings is 1. The molecule has 1 aromatic carbocycles. The highest BCUT2D eigenvalue weighted by Gasteiger charge is 2.64. The van der Waals surface area contributed by atoms with Crippen molar-refractivity contribution in [3.05, 3.63) is 46.5 Å². The van der Waals surface area contributed by atoms with E-state index in [1.54, 1.807) is 45.2 Å². The lowest BCUT2D eigenvalue weighted by Crippen LogP contribution is -2.63. The SMILES string of the molecule is COc1cc2cc(c1Cl)N(C)C(=O)C[C@H](OC(=O)[C@H](C)N(C)C(=O)CCSC1CC(=O)N(CC3CCC(C(=O)NC(C)C)CC3)C1=O)[C@]1(C)O[C@H]1[C@H](C)[C@@H]1C[C@@](O)(NC(=O)O1)[C@H](OC)/C=C/C=C(\C)C2. The van der Waals surface area contributed by atoms with E-state index in [2.05, 4.69) is 10.6 Å². The number of methoxy groups -OCH3 is 2. The van der Waals surface area contributed by atoms with Crippen LogP contribution in [0.3, 0.4) is 0 Å². The maximum absolute atomic E-state index is 14.4. The number of ether oxygens (including phenoxy) is 5. The Hall–Kier alpha value is -4.69. The van der Waals surface area contributed by atoms with Gasteiger partial charge in [0, 0.05) is 70.6 Å². The first kappa shape index (κ1) is 54.6. The van der Waals surface area contributed by atoms with Crippen molar-refractivity contribution in [3.63, 3.8) is 0 Å². The lowest BCUT2D eigenvalue weighted by molar-refractivity contribution is -0.162. The van der Waals surface area contributed by atoms with E-state index in [1.807, 2.05) is 26.8 Å². The molecule has 6 rings (SSSR count). The minimum absolute atomic E-state index is 0.0340. The molecule has 386 valence electrons. The first-order valence-electron chi connectivity index (χ1n) is 24.1. The van der Waals surface area contributed by atoms with Crippen LogP contribution < -0.4 is 20.3 Å². The summed E-state index contributed by atoms with van der Waals surface area (Å²) in [6.07, 6.45) is 3.38. The number of esters is 1. The van der Waals surface area contributed by atoms with Crippen LogP contribution in [0.1, 0.15) is 98.5 Å². The number of anilines is 1. The van der Waals surface area contributed by atoms with E-state index in [0.717, 1.165) is 24.0 Å². The predicted octanol–water partition coefficient (Wildman–Crippen LogP) is 5.10. The fourth-order valence-corrected chi connectivity index (χ4v) is 11.3. The van der Waals surface area contributed by atoms with E-state index < -0.39 is 76.8 Å². The second-order valence-corrected chi connectivity index (χ2v) is 21.6. The summed E-state index contributed by atoms with van der Waals surface area (Å²) in [7, 11) is 5.91. The highest BCUT2D eigenvalue weighted by atomic mass is 35.5. The fraction of sp³-hybridized carbons (Fsp3) is 0.660. The Morgan fingerprint density at radius 2 is 1.77 bits per heavy atom. The molecular weight excluding hydrogens is 946 g/mol. The van der Waals surface area contributed by atoms with Gasteiger partial charge in [0.15, 0.2) is 5.72 Å². The van der Waals surface area contributed by atoms with Gasteiger partial charge < -0.3 is 43.9 Å². The zero-order valence-electron chi connectivity index (χ0n) is 41.9. The number of nitrogens with one attached hydrogen (secondary N) is 2. The summed E-state index contributed by atoms with van der Waals surface area (Å²) < 4.78 is 29.4. The Balaban J connectivity index is 1.13. The molecule has 0 radical (unpaired) electrons. The molecule has 4 aliphatic heterocycles. The summed E-state index contributed by atoms with van der Waals surface area (Å²) in [5, 5.41) is 16.9. The molecule has 70 heavy (non-hydrogen) atoms. The Labute approximate surface area is 419 Å². The first-order valence-corrected chi connectivity index (χ1v) is 25.5. The molecule has 9 atom stereocenters. The minimum Gasteiger partial charge on any atom is -0.495 e. The lowest BCUT2D eigenvalue weighted by atomic mass is 9.81. The Morgan fingerprint density at radius 1 is 1.07 bits per heavy atom. The van der Waals surface area contributed by atoms with Crippen molar-refractivity contribution < 1.29 is 62.4 Å². The number of thioether (sulfide) groups is 1. The second kappa shape index (κ2) is 22.8. The number of aliphatic hydroxyl groups is 1. The van der Waals surface area contributed by atoms with Gasteiger partial charge in [-0.3, -0.25) is 34.2 Å². The van der Waals surface area contributed by atoms with E-state index in [9.17, 15) is 38.7 Å². The number of carbonyl (C=O) groups excluding carboxylic acids is 7. The van der Waals surface area contributed by atoms with Crippen LogP contribution >= 0.6 is 23.4 Å². The molecule has 6 amide bonds. The Morgan fingerprint density at radius 3 is 2.43 bits per heavy atom. The van der Waals surface area contributed by atoms with E-state index in [-0.39, 0.29) is 72.1 Å². The zero-order valence-corrected chi connectivity index (χ0v) is 43.5. The third-order valence-corrected chi connectivity index (χ3v) is 16.0. The molecule has 4 bridgehead atoms. The number of amides is 6. The number of imide groups is 1. The van der Waals surface area contributed by atoms with Gasteiger partial charge in [-0.05, 0) is 90.3 Å². The third-order valence-electron chi connectivity index (χ3n) is 14.5. The van der Waals surface area contributed by atoms with Crippen LogP contribution in [0.15, 0.2) is 35.9 Å². The van der Waals surface area contributed by atoms with Crippen LogP contribution in [0, 0.1) is 17.8 Å². The number of allylic oxidation sites excluding steroid dienone is 3. The van der Waals surface area contributed by atoms with E-state index in [4.69, 9.17) is 35.3 Å². The van der Waals surface area contributed by atoms with Crippen molar-refractivity contribution in [1.82, 2.24) is 20.4 Å². The molecular formula is C50H70ClN5O13S. The Kier molecular flexibility index (Phi) is 17.8. The normalized spacial score (nSPS) is 32.2. The summed E-state index contributed by atoms with van der Waals surface area (Å²) in [5.41, 5.74) is -1.14. The van der Waals surface area contributed by atoms with Gasteiger partial charge in [0.2, 0.25) is 29.5 Å². The second-order valence-electron chi connectivity index (χ2n) is 19.9. The summed E-state index contributed by atoms with van der Waals surface area (Å²) >= 11 is 8.04. The average Bonchev–Trinajstić information content (AvgIpc) is 3.94. The standard InChI is InChI=1S/C50H70ClN5O13S/c1-27(2)52-45(60)33-16-14-31(15-17-33)26-56-42(59)23-37(46(56)61)70-19-18-40(57)54(7)30(5)47(62)68-39-24-41(58)55(8)34-21-32(22-35(65-9)43(34)51)20-28(3)12-11-13-38(66-10)50(64)25-36(67-48(63)53-50)29(4)44-49(39,6)69-44/h11-13,21-22,27,29-31,33,36-39,44,64H,14-20,23-26H2,1-10H3,(H,52,60)(H,53,63)/b13-11+,28-12+/t29-,30+,31?,33?,36+,37?,38-,39+,44+,49+,50+/m1/s1. The van der Waals surface area contributed by atoms with Crippen LogP contribution in [0.25, 0.3) is 0 Å². The van der Waals surface area contributed by atoms with Crippen molar-refractivity contribution >= 4 is 70.6 Å². The number of likely N-dealkylation sites (tertiary alicyclic amines) is 1. The van der Waals surface area contributed by atoms with Gasteiger partial charge in [-0.2, -0.15) is 0 Å². The van der Waals surface area contributed by atoms with Gasteiger partial charge in [-0.15, -0.1) is 11.8 Å². The topological polar surface area (TPSA) is 223 Å². The molecule has 0 spiro atoms. The number of halogens is 1. The summed E-state index contributed by atoms with van der Waals surface area (Å²) in [6.45, 7) is 11.0. The molecule has 1 saturated carbocycles. The van der Waals surface area contributed by atoms with Gasteiger partial charge in [0.05, 0.1) is 30.6 Å². The van der Waals surface area contributed by atoms with E-state index >= 15 is 0 Å². The van der Waals surface area contributed by atoms with Crippen molar-refractivity contribution in [2.45, 2.75) is 152 Å². The lowest BCUT2D eigenvalue weighted by Gasteiger charge is -2.42. The van der Waals surface area contributed by atoms with E-state index in [0.29, 0.717) is 37.2 Å². The third kappa shape index (κ3) is 12.5. The molecule has 20 heteroatoms. The largest absolute Gasteiger partial charge is 0.495 e. The maximum atomic E-state index is 14.4. The van der Waals surface area contributed by atoms with Gasteiger partial charge >= 0.3 is 12.1 Å². The molecule has 4 fully saturated rings. The van der Waals surface area contributed by atoms with Crippen molar-refractivity contribution in [3.8, 4) is 5.75 Å². The number of nitrogens with zero attached hydrogens (tertiary/aromatic N) is 3. The Bertz CT molecular complexity index is 2240. The number of likely N-dealkylation sites (N-methyl/N-ethyl adjacent to an activating group) is 1. The molecule has 4 heterocycles. The number of epoxide rings is 1. The van der Waals surface area contributed by atoms with Crippen LogP contribution in [-0.2, 0) is 54.1 Å². The molecule has 3 N–H and O–H groups in total. The summed E-state index contributed by atoms with van der Waals surface area (Å²) in [4.78, 5) is 97.9. The molecule has 18 nitrogen and oxygen atoms in total. The van der Waals surface area contributed by atoms with Crippen LogP contribution in [0.4, 0.5) is 10.5 Å². The number of hydrogen-bond acceptors (Lipinski definition) is 14. The van der Waals surface area contributed by atoms with Gasteiger partial charge in [-0.1, -0.05) is 42.3 Å². The quantitative estimate of drug-likeness (QED) is 0.133.